The predicted molar refractivity (Wildman–Crippen MR) is 80.7 cm³/mol. The normalized spacial score (nSPS) is 15.7. The first-order valence-corrected chi connectivity index (χ1v) is 7.27. The summed E-state index contributed by atoms with van der Waals surface area (Å²) in [5.74, 6) is -0.420. The molecular formula is C15H14F4N4O. The molecule has 1 fully saturated rings. The molecule has 1 aromatic carbocycles. The third-order valence-corrected chi connectivity index (χ3v) is 3.79. The molecule has 1 saturated heterocycles. The zero-order valence-corrected chi connectivity index (χ0v) is 12.5. The first-order chi connectivity index (χ1) is 11.3. The van der Waals surface area contributed by atoms with Crippen LogP contribution in [-0.2, 0) is 6.18 Å². The third kappa shape index (κ3) is 3.50. The van der Waals surface area contributed by atoms with E-state index in [1.54, 1.807) is 17.0 Å². The molecule has 128 valence electrons. The Bertz CT molecular complexity index is 764. The van der Waals surface area contributed by atoms with E-state index in [0.29, 0.717) is 32.2 Å². The number of anilines is 2. The number of nitrogens with one attached hydrogen (secondary N) is 1. The number of hydrogen-bond donors (Lipinski definition) is 1. The van der Waals surface area contributed by atoms with E-state index in [0.717, 1.165) is 5.69 Å². The number of halogens is 4. The van der Waals surface area contributed by atoms with Crippen LogP contribution in [0.15, 0.2) is 35.1 Å². The van der Waals surface area contributed by atoms with Crippen molar-refractivity contribution in [2.45, 2.75) is 6.18 Å². The smallest absolute Gasteiger partial charge is 0.368 e. The van der Waals surface area contributed by atoms with Gasteiger partial charge in [-0.15, -0.1) is 0 Å². The molecule has 1 aromatic heterocycles. The van der Waals surface area contributed by atoms with Crippen molar-refractivity contribution in [3.63, 3.8) is 0 Å². The van der Waals surface area contributed by atoms with Crippen molar-refractivity contribution in [3.8, 4) is 0 Å². The summed E-state index contributed by atoms with van der Waals surface area (Å²) in [5, 5.41) is 0. The molecule has 1 aliphatic heterocycles. The first kappa shape index (κ1) is 16.3. The zero-order chi connectivity index (χ0) is 17.3. The van der Waals surface area contributed by atoms with Crippen LogP contribution in [-0.4, -0.2) is 36.1 Å². The molecule has 2 heterocycles. The first-order valence-electron chi connectivity index (χ1n) is 7.27. The highest BCUT2D eigenvalue weighted by atomic mass is 19.4. The second-order valence-corrected chi connectivity index (χ2v) is 5.40. The molecule has 0 saturated carbocycles. The number of rotatable bonds is 2. The SMILES string of the molecule is O=c1cc(C(F)(F)F)nc(N2CCN(c3ccc(F)cc3)CC2)[nH]1. The van der Waals surface area contributed by atoms with Crippen molar-refractivity contribution in [1.82, 2.24) is 9.97 Å². The molecule has 2 aromatic rings. The fraction of sp³-hybridized carbons (Fsp3) is 0.333. The van der Waals surface area contributed by atoms with Gasteiger partial charge >= 0.3 is 6.18 Å². The summed E-state index contributed by atoms with van der Waals surface area (Å²) in [6.07, 6.45) is -4.67. The maximum absolute atomic E-state index is 12.9. The lowest BCUT2D eigenvalue weighted by Crippen LogP contribution is -2.47. The van der Waals surface area contributed by atoms with Gasteiger partial charge in [0.15, 0.2) is 5.69 Å². The number of aromatic amines is 1. The summed E-state index contributed by atoms with van der Waals surface area (Å²) >= 11 is 0. The van der Waals surface area contributed by atoms with Crippen LogP contribution in [0.5, 0.6) is 0 Å². The molecule has 0 spiro atoms. The molecule has 0 amide bonds. The van der Waals surface area contributed by atoms with Crippen LogP contribution in [0.4, 0.5) is 29.2 Å². The van der Waals surface area contributed by atoms with E-state index in [1.807, 2.05) is 4.90 Å². The molecular weight excluding hydrogens is 328 g/mol. The Morgan fingerprint density at radius 1 is 1.00 bits per heavy atom. The van der Waals surface area contributed by atoms with E-state index in [2.05, 4.69) is 9.97 Å². The Hall–Kier alpha value is -2.58. The van der Waals surface area contributed by atoms with Crippen molar-refractivity contribution in [2.24, 2.45) is 0 Å². The van der Waals surface area contributed by atoms with Gasteiger partial charge in [-0.3, -0.25) is 9.78 Å². The minimum absolute atomic E-state index is 0.0893. The number of nitrogens with zero attached hydrogens (tertiary/aromatic N) is 3. The average molecular weight is 342 g/mol. The lowest BCUT2D eigenvalue weighted by Gasteiger charge is -2.36. The number of aromatic nitrogens is 2. The minimum Gasteiger partial charge on any atom is -0.368 e. The van der Waals surface area contributed by atoms with Gasteiger partial charge in [0.05, 0.1) is 0 Å². The van der Waals surface area contributed by atoms with E-state index >= 15 is 0 Å². The van der Waals surface area contributed by atoms with Crippen LogP contribution >= 0.6 is 0 Å². The fourth-order valence-corrected chi connectivity index (χ4v) is 2.57. The van der Waals surface area contributed by atoms with Crippen LogP contribution in [0, 0.1) is 5.82 Å². The predicted octanol–water partition coefficient (Wildman–Crippen LogP) is 2.25. The van der Waals surface area contributed by atoms with Gasteiger partial charge in [-0.25, -0.2) is 9.37 Å². The maximum atomic E-state index is 12.9. The summed E-state index contributed by atoms with van der Waals surface area (Å²) in [6, 6.07) is 6.45. The Morgan fingerprint density at radius 2 is 1.58 bits per heavy atom. The monoisotopic (exact) mass is 342 g/mol. The van der Waals surface area contributed by atoms with Crippen LogP contribution < -0.4 is 15.4 Å². The quantitative estimate of drug-likeness (QED) is 0.851. The van der Waals surface area contributed by atoms with Crippen molar-refractivity contribution in [1.29, 1.82) is 0 Å². The number of benzene rings is 1. The molecule has 0 unspecified atom stereocenters. The van der Waals surface area contributed by atoms with Gasteiger partial charge in [0, 0.05) is 37.9 Å². The van der Waals surface area contributed by atoms with E-state index < -0.39 is 17.4 Å². The number of H-pyrrole nitrogens is 1. The molecule has 3 rings (SSSR count). The molecule has 1 aliphatic rings. The number of alkyl halides is 3. The molecule has 0 bridgehead atoms. The van der Waals surface area contributed by atoms with Gasteiger partial charge in [0.25, 0.3) is 5.56 Å². The Balaban J connectivity index is 1.74. The van der Waals surface area contributed by atoms with Crippen molar-refractivity contribution >= 4 is 11.6 Å². The van der Waals surface area contributed by atoms with Crippen LogP contribution in [0.2, 0.25) is 0 Å². The van der Waals surface area contributed by atoms with Crippen molar-refractivity contribution < 1.29 is 17.6 Å². The molecule has 5 nitrogen and oxygen atoms in total. The van der Waals surface area contributed by atoms with Crippen LogP contribution in [0.25, 0.3) is 0 Å². The van der Waals surface area contributed by atoms with Gasteiger partial charge in [-0.05, 0) is 24.3 Å². The van der Waals surface area contributed by atoms with E-state index in [-0.39, 0.29) is 11.8 Å². The molecule has 0 aliphatic carbocycles. The zero-order valence-electron chi connectivity index (χ0n) is 12.5. The lowest BCUT2D eigenvalue weighted by atomic mass is 10.2. The van der Waals surface area contributed by atoms with Crippen molar-refractivity contribution in [3.05, 3.63) is 52.2 Å². The number of hydrogen-bond acceptors (Lipinski definition) is 4. The number of piperazine rings is 1. The van der Waals surface area contributed by atoms with Crippen LogP contribution in [0.3, 0.4) is 0 Å². The summed E-state index contributed by atoms with van der Waals surface area (Å²) in [6.45, 7) is 1.82. The van der Waals surface area contributed by atoms with Gasteiger partial charge in [-0.2, -0.15) is 13.2 Å². The average Bonchev–Trinajstić information content (AvgIpc) is 2.54. The van der Waals surface area contributed by atoms with Gasteiger partial charge in [0.2, 0.25) is 5.95 Å². The molecule has 24 heavy (non-hydrogen) atoms. The summed E-state index contributed by atoms with van der Waals surface area (Å²) in [5.41, 5.74) is -1.21. The maximum Gasteiger partial charge on any atom is 0.433 e. The van der Waals surface area contributed by atoms with Crippen LogP contribution in [0.1, 0.15) is 5.69 Å². The Kier molecular flexibility index (Phi) is 4.16. The Labute approximate surface area is 134 Å². The molecule has 0 radical (unpaired) electrons. The lowest BCUT2D eigenvalue weighted by molar-refractivity contribution is -0.141. The van der Waals surface area contributed by atoms with E-state index in [9.17, 15) is 22.4 Å². The van der Waals surface area contributed by atoms with Gasteiger partial charge in [0.1, 0.15) is 5.82 Å². The summed E-state index contributed by atoms with van der Waals surface area (Å²) in [4.78, 5) is 20.9. The third-order valence-electron chi connectivity index (χ3n) is 3.79. The van der Waals surface area contributed by atoms with Crippen molar-refractivity contribution in [2.75, 3.05) is 36.0 Å². The van der Waals surface area contributed by atoms with Gasteiger partial charge < -0.3 is 9.80 Å². The Morgan fingerprint density at radius 3 is 2.17 bits per heavy atom. The second-order valence-electron chi connectivity index (χ2n) is 5.40. The fourth-order valence-electron chi connectivity index (χ4n) is 2.57. The van der Waals surface area contributed by atoms with E-state index in [1.165, 1.54) is 12.1 Å². The largest absolute Gasteiger partial charge is 0.433 e. The summed E-state index contributed by atoms with van der Waals surface area (Å²) < 4.78 is 51.2. The highest BCUT2D eigenvalue weighted by molar-refractivity contribution is 5.48. The highest BCUT2D eigenvalue weighted by Gasteiger charge is 2.34. The second kappa shape index (κ2) is 6.14. The standard InChI is InChI=1S/C15H14F4N4O/c16-10-1-3-11(4-2-10)22-5-7-23(8-6-22)14-20-12(15(17,18)19)9-13(24)21-14/h1-4,9H,5-8H2,(H,20,21,24). The summed E-state index contributed by atoms with van der Waals surface area (Å²) in [7, 11) is 0. The molecule has 1 N–H and O–H groups in total. The topological polar surface area (TPSA) is 52.2 Å². The highest BCUT2D eigenvalue weighted by Crippen LogP contribution is 2.27. The van der Waals surface area contributed by atoms with E-state index in [4.69, 9.17) is 0 Å². The van der Waals surface area contributed by atoms with Gasteiger partial charge in [-0.1, -0.05) is 0 Å². The minimum atomic E-state index is -4.67. The molecule has 0 atom stereocenters. The molecule has 9 heteroatoms.